The van der Waals surface area contributed by atoms with E-state index >= 15 is 0 Å². The molecule has 0 unspecified atom stereocenters. The highest BCUT2D eigenvalue weighted by Crippen LogP contribution is 2.26. The van der Waals surface area contributed by atoms with Crippen molar-refractivity contribution in [2.24, 2.45) is 0 Å². The molecule has 0 bridgehead atoms. The molecule has 0 radical (unpaired) electrons. The van der Waals surface area contributed by atoms with Gasteiger partial charge in [-0.2, -0.15) is 4.98 Å². The third-order valence-corrected chi connectivity index (χ3v) is 4.55. The van der Waals surface area contributed by atoms with E-state index in [0.717, 1.165) is 4.90 Å². The molecular weight excluding hydrogens is 352 g/mol. The number of nitrogens with zero attached hydrogens (tertiary/aromatic N) is 3. The number of thioether (sulfide) groups is 1. The molecule has 7 nitrogen and oxygen atoms in total. The van der Waals surface area contributed by atoms with E-state index in [4.69, 9.17) is 4.52 Å². The molecule has 2 amide bonds. The summed E-state index contributed by atoms with van der Waals surface area (Å²) in [4.78, 5) is 31.5. The summed E-state index contributed by atoms with van der Waals surface area (Å²) in [6.07, 6.45) is 0. The van der Waals surface area contributed by atoms with Gasteiger partial charge in [0, 0.05) is 17.5 Å². The highest BCUT2D eigenvalue weighted by atomic mass is 32.2. The summed E-state index contributed by atoms with van der Waals surface area (Å²) in [6, 6.07) is 7.38. The highest BCUT2D eigenvalue weighted by molar-refractivity contribution is 7.98. The van der Waals surface area contributed by atoms with Crippen LogP contribution in [0, 0.1) is 6.92 Å². The molecule has 0 aliphatic heterocycles. The molecule has 140 valence electrons. The second kappa shape index (κ2) is 9.38. The SMILES string of the molecule is CCN(CC(=O)NC(C)C)C(=O)c1ccccc1SCc1nc(C)no1. The second-order valence-electron chi connectivity index (χ2n) is 6.06. The van der Waals surface area contributed by atoms with Crippen molar-refractivity contribution in [3.05, 3.63) is 41.5 Å². The maximum atomic E-state index is 12.9. The molecule has 0 spiro atoms. The summed E-state index contributed by atoms with van der Waals surface area (Å²) < 4.78 is 5.11. The zero-order valence-corrected chi connectivity index (χ0v) is 16.3. The highest BCUT2D eigenvalue weighted by Gasteiger charge is 2.20. The minimum Gasteiger partial charge on any atom is -0.352 e. The first-order valence-corrected chi connectivity index (χ1v) is 9.49. The molecule has 2 aromatic rings. The van der Waals surface area contributed by atoms with Crippen molar-refractivity contribution in [1.82, 2.24) is 20.4 Å². The van der Waals surface area contributed by atoms with Crippen molar-refractivity contribution in [2.75, 3.05) is 13.1 Å². The van der Waals surface area contributed by atoms with Crippen LogP contribution in [-0.4, -0.2) is 46.0 Å². The number of aryl methyl sites for hydroxylation is 1. The van der Waals surface area contributed by atoms with Gasteiger partial charge in [-0.25, -0.2) is 0 Å². The van der Waals surface area contributed by atoms with Gasteiger partial charge in [0.05, 0.1) is 17.9 Å². The third-order valence-electron chi connectivity index (χ3n) is 3.49. The monoisotopic (exact) mass is 376 g/mol. The van der Waals surface area contributed by atoms with Crippen molar-refractivity contribution in [3.63, 3.8) is 0 Å². The number of amides is 2. The molecule has 1 aromatic carbocycles. The number of aromatic nitrogens is 2. The van der Waals surface area contributed by atoms with E-state index in [-0.39, 0.29) is 24.4 Å². The van der Waals surface area contributed by atoms with E-state index in [1.54, 1.807) is 13.0 Å². The number of rotatable bonds is 8. The van der Waals surface area contributed by atoms with Crippen LogP contribution in [0.1, 0.15) is 42.8 Å². The zero-order valence-electron chi connectivity index (χ0n) is 15.5. The van der Waals surface area contributed by atoms with Gasteiger partial charge in [0.1, 0.15) is 0 Å². The molecule has 1 heterocycles. The van der Waals surface area contributed by atoms with E-state index in [1.807, 2.05) is 39.0 Å². The summed E-state index contributed by atoms with van der Waals surface area (Å²) >= 11 is 1.45. The lowest BCUT2D eigenvalue weighted by Gasteiger charge is -2.22. The van der Waals surface area contributed by atoms with Crippen molar-refractivity contribution >= 4 is 23.6 Å². The van der Waals surface area contributed by atoms with E-state index in [2.05, 4.69) is 15.5 Å². The Morgan fingerprint density at radius 3 is 2.65 bits per heavy atom. The van der Waals surface area contributed by atoms with Crippen LogP contribution in [0.2, 0.25) is 0 Å². The minimum atomic E-state index is -0.170. The molecular formula is C18H24N4O3S. The van der Waals surface area contributed by atoms with E-state index < -0.39 is 0 Å². The quantitative estimate of drug-likeness (QED) is 0.713. The predicted octanol–water partition coefficient (Wildman–Crippen LogP) is 2.66. The Morgan fingerprint density at radius 1 is 1.31 bits per heavy atom. The summed E-state index contributed by atoms with van der Waals surface area (Å²) in [6.45, 7) is 7.89. The van der Waals surface area contributed by atoms with Crippen LogP contribution in [0.4, 0.5) is 0 Å². The Bertz CT molecular complexity index is 760. The lowest BCUT2D eigenvalue weighted by molar-refractivity contribution is -0.122. The van der Waals surface area contributed by atoms with Crippen LogP contribution in [0.5, 0.6) is 0 Å². The number of carbonyl (C=O) groups excluding carboxylic acids is 2. The standard InChI is InChI=1S/C18H24N4O3S/c1-5-22(10-16(23)19-12(2)3)18(24)14-8-6-7-9-15(14)26-11-17-20-13(4)21-25-17/h6-9,12H,5,10-11H2,1-4H3,(H,19,23). The minimum absolute atomic E-state index is 0.0371. The van der Waals surface area contributed by atoms with Crippen LogP contribution >= 0.6 is 11.8 Å². The van der Waals surface area contributed by atoms with Gasteiger partial charge in [-0.3, -0.25) is 9.59 Å². The van der Waals surface area contributed by atoms with Crippen LogP contribution in [-0.2, 0) is 10.5 Å². The molecule has 1 N–H and O–H groups in total. The molecule has 2 rings (SSSR count). The zero-order chi connectivity index (χ0) is 19.1. The van der Waals surface area contributed by atoms with Crippen molar-refractivity contribution in [1.29, 1.82) is 0 Å². The topological polar surface area (TPSA) is 88.3 Å². The molecule has 1 aromatic heterocycles. The van der Waals surface area contributed by atoms with E-state index in [0.29, 0.717) is 29.6 Å². The smallest absolute Gasteiger partial charge is 0.255 e. The van der Waals surface area contributed by atoms with Gasteiger partial charge >= 0.3 is 0 Å². The van der Waals surface area contributed by atoms with Gasteiger partial charge in [0.2, 0.25) is 11.8 Å². The average Bonchev–Trinajstić information content (AvgIpc) is 3.02. The molecule has 26 heavy (non-hydrogen) atoms. The maximum Gasteiger partial charge on any atom is 0.255 e. The summed E-state index contributed by atoms with van der Waals surface area (Å²) in [7, 11) is 0. The molecule has 0 aliphatic rings. The Balaban J connectivity index is 2.10. The second-order valence-corrected chi connectivity index (χ2v) is 7.08. The number of hydrogen-bond donors (Lipinski definition) is 1. The normalized spacial score (nSPS) is 10.8. The number of carbonyl (C=O) groups is 2. The Morgan fingerprint density at radius 2 is 2.04 bits per heavy atom. The Labute approximate surface area is 157 Å². The predicted molar refractivity (Wildman–Crippen MR) is 99.9 cm³/mol. The first-order chi connectivity index (χ1) is 12.4. The first kappa shape index (κ1) is 20.0. The molecule has 0 saturated carbocycles. The van der Waals surface area contributed by atoms with Crippen LogP contribution in [0.3, 0.4) is 0 Å². The third kappa shape index (κ3) is 5.59. The summed E-state index contributed by atoms with van der Waals surface area (Å²) in [5.41, 5.74) is 0.563. The Hall–Kier alpha value is -2.35. The van der Waals surface area contributed by atoms with Gasteiger partial charge in [0.25, 0.3) is 5.91 Å². The Kier molecular flexibility index (Phi) is 7.20. The number of likely N-dealkylation sites (N-methyl/N-ethyl adjacent to an activating group) is 1. The van der Waals surface area contributed by atoms with E-state index in [9.17, 15) is 9.59 Å². The number of hydrogen-bond acceptors (Lipinski definition) is 6. The molecule has 0 fully saturated rings. The van der Waals surface area contributed by atoms with Crippen molar-refractivity contribution < 1.29 is 14.1 Å². The van der Waals surface area contributed by atoms with Crippen LogP contribution < -0.4 is 5.32 Å². The molecule has 0 aliphatic carbocycles. The van der Waals surface area contributed by atoms with E-state index in [1.165, 1.54) is 16.7 Å². The van der Waals surface area contributed by atoms with Gasteiger partial charge in [-0.15, -0.1) is 11.8 Å². The molecule has 0 saturated heterocycles. The first-order valence-electron chi connectivity index (χ1n) is 8.50. The van der Waals surface area contributed by atoms with Gasteiger partial charge in [0.15, 0.2) is 5.82 Å². The summed E-state index contributed by atoms with van der Waals surface area (Å²) in [5.74, 6) is 1.24. The van der Waals surface area contributed by atoms with Crippen molar-refractivity contribution in [2.45, 2.75) is 44.4 Å². The fourth-order valence-electron chi connectivity index (χ4n) is 2.35. The summed E-state index contributed by atoms with van der Waals surface area (Å²) in [5, 5.41) is 6.58. The number of benzene rings is 1. The fourth-order valence-corrected chi connectivity index (χ4v) is 3.23. The maximum absolute atomic E-state index is 12.9. The molecule has 8 heteroatoms. The lowest BCUT2D eigenvalue weighted by atomic mass is 10.2. The van der Waals surface area contributed by atoms with Crippen molar-refractivity contribution in [3.8, 4) is 0 Å². The fraction of sp³-hybridized carbons (Fsp3) is 0.444. The van der Waals surface area contributed by atoms with Gasteiger partial charge < -0.3 is 14.7 Å². The van der Waals surface area contributed by atoms with Gasteiger partial charge in [-0.1, -0.05) is 17.3 Å². The number of nitrogens with one attached hydrogen (secondary N) is 1. The average molecular weight is 376 g/mol. The molecule has 0 atom stereocenters. The largest absolute Gasteiger partial charge is 0.352 e. The van der Waals surface area contributed by atoms with Crippen LogP contribution in [0.15, 0.2) is 33.7 Å². The van der Waals surface area contributed by atoms with Gasteiger partial charge in [-0.05, 0) is 39.8 Å². The van der Waals surface area contributed by atoms with Crippen LogP contribution in [0.25, 0.3) is 0 Å². The lowest BCUT2D eigenvalue weighted by Crippen LogP contribution is -2.42.